The minimum Gasteiger partial charge on any atom is -0.396 e. The number of sulfonamides is 1. The highest BCUT2D eigenvalue weighted by atomic mass is 32.2. The number of aliphatic imine (C=N–C) groups is 1. The topological polar surface area (TPSA) is 94.0 Å². The molecule has 1 aliphatic heterocycles. The van der Waals surface area contributed by atoms with E-state index in [1.54, 1.807) is 0 Å². The molecule has 0 saturated carbocycles. The molecule has 1 unspecified atom stereocenters. The van der Waals surface area contributed by atoms with Crippen LogP contribution in [0.3, 0.4) is 0 Å². The van der Waals surface area contributed by atoms with Crippen molar-refractivity contribution in [3.63, 3.8) is 0 Å². The van der Waals surface area contributed by atoms with E-state index in [0.29, 0.717) is 25.6 Å². The van der Waals surface area contributed by atoms with E-state index in [4.69, 9.17) is 0 Å². The monoisotopic (exact) mass is 430 g/mol. The van der Waals surface area contributed by atoms with Crippen molar-refractivity contribution in [2.75, 3.05) is 42.8 Å². The lowest BCUT2D eigenvalue weighted by molar-refractivity contribution is 0.268. The van der Waals surface area contributed by atoms with E-state index in [2.05, 4.69) is 15.6 Å². The third-order valence-electron chi connectivity index (χ3n) is 5.14. The molecule has 0 aromatic heterocycles. The van der Waals surface area contributed by atoms with Gasteiger partial charge in [-0.1, -0.05) is 48.5 Å². The lowest BCUT2D eigenvalue weighted by Gasteiger charge is -2.20. The summed E-state index contributed by atoms with van der Waals surface area (Å²) in [5.41, 5.74) is 2.88. The molecule has 1 aliphatic rings. The molecule has 162 valence electrons. The fourth-order valence-corrected chi connectivity index (χ4v) is 4.97. The second-order valence-electron chi connectivity index (χ2n) is 7.20. The van der Waals surface area contributed by atoms with Gasteiger partial charge in [0.25, 0.3) is 0 Å². The van der Waals surface area contributed by atoms with Gasteiger partial charge in [-0.05, 0) is 30.5 Å². The van der Waals surface area contributed by atoms with Crippen LogP contribution < -0.4 is 14.9 Å². The maximum absolute atomic E-state index is 12.8. The van der Waals surface area contributed by atoms with E-state index in [0.717, 1.165) is 23.2 Å². The van der Waals surface area contributed by atoms with E-state index in [1.165, 1.54) is 4.31 Å². The molecule has 7 nitrogen and oxygen atoms in total. The Balaban J connectivity index is 1.58. The van der Waals surface area contributed by atoms with Crippen LogP contribution in [0.1, 0.15) is 24.0 Å². The van der Waals surface area contributed by atoms with Gasteiger partial charge in [0.1, 0.15) is 0 Å². The number of para-hydroxylation sites is 1. The van der Waals surface area contributed by atoms with Crippen LogP contribution in [0.5, 0.6) is 0 Å². The van der Waals surface area contributed by atoms with E-state index in [1.807, 2.05) is 61.5 Å². The van der Waals surface area contributed by atoms with Crippen LogP contribution in [0, 0.1) is 0 Å². The molecule has 0 bridgehead atoms. The molecule has 0 aliphatic carbocycles. The first-order chi connectivity index (χ1) is 14.5. The normalized spacial score (nSPS) is 15.0. The average molecular weight is 431 g/mol. The van der Waals surface area contributed by atoms with E-state index in [9.17, 15) is 13.5 Å². The third kappa shape index (κ3) is 5.52. The number of rotatable bonds is 9. The number of aliphatic hydroxyl groups is 1. The summed E-state index contributed by atoms with van der Waals surface area (Å²) < 4.78 is 27.2. The molecule has 0 spiro atoms. The molecule has 3 N–H and O–H groups in total. The van der Waals surface area contributed by atoms with Gasteiger partial charge in [0.15, 0.2) is 5.96 Å². The van der Waals surface area contributed by atoms with Gasteiger partial charge in [0.05, 0.1) is 24.6 Å². The fraction of sp³-hybridized carbons (Fsp3) is 0.409. The summed E-state index contributed by atoms with van der Waals surface area (Å²) in [5, 5.41) is 16.0. The zero-order chi connectivity index (χ0) is 21.4. The SMILES string of the molecule is CCNC(=NCC(CO)c1ccccc1)NCCS(=O)(=O)N1CCc2ccccc21. The van der Waals surface area contributed by atoms with Gasteiger partial charge in [0, 0.05) is 25.6 Å². The summed E-state index contributed by atoms with van der Waals surface area (Å²) >= 11 is 0. The van der Waals surface area contributed by atoms with Crippen LogP contribution in [0.15, 0.2) is 59.6 Å². The Hall–Kier alpha value is -2.58. The second kappa shape index (κ2) is 10.4. The first-order valence-corrected chi connectivity index (χ1v) is 11.9. The van der Waals surface area contributed by atoms with E-state index in [-0.39, 0.29) is 24.8 Å². The highest BCUT2D eigenvalue weighted by Crippen LogP contribution is 2.29. The Bertz CT molecular complexity index is 948. The van der Waals surface area contributed by atoms with E-state index >= 15 is 0 Å². The van der Waals surface area contributed by atoms with Crippen molar-refractivity contribution in [2.24, 2.45) is 4.99 Å². The zero-order valence-electron chi connectivity index (χ0n) is 17.3. The number of hydrogen-bond acceptors (Lipinski definition) is 4. The zero-order valence-corrected chi connectivity index (χ0v) is 18.1. The van der Waals surface area contributed by atoms with E-state index < -0.39 is 10.0 Å². The highest BCUT2D eigenvalue weighted by molar-refractivity contribution is 7.92. The first-order valence-electron chi connectivity index (χ1n) is 10.3. The summed E-state index contributed by atoms with van der Waals surface area (Å²) in [7, 11) is -3.41. The van der Waals surface area contributed by atoms with Crippen molar-refractivity contribution in [1.82, 2.24) is 10.6 Å². The lowest BCUT2D eigenvalue weighted by Crippen LogP contribution is -2.42. The molecule has 0 radical (unpaired) electrons. The molecule has 3 rings (SSSR count). The Kier molecular flexibility index (Phi) is 7.70. The number of nitrogens with one attached hydrogen (secondary N) is 2. The molecule has 8 heteroatoms. The van der Waals surface area contributed by atoms with Crippen LogP contribution >= 0.6 is 0 Å². The van der Waals surface area contributed by atoms with Crippen molar-refractivity contribution in [3.8, 4) is 0 Å². The van der Waals surface area contributed by atoms with Gasteiger partial charge in [0.2, 0.25) is 10.0 Å². The lowest BCUT2D eigenvalue weighted by atomic mass is 10.0. The van der Waals surface area contributed by atoms with Crippen molar-refractivity contribution in [1.29, 1.82) is 0 Å². The Labute approximate surface area is 178 Å². The van der Waals surface area contributed by atoms with Crippen LogP contribution in [0.25, 0.3) is 0 Å². The summed E-state index contributed by atoms with van der Waals surface area (Å²) in [6.07, 6.45) is 0.745. The van der Waals surface area contributed by atoms with Gasteiger partial charge in [-0.25, -0.2) is 8.42 Å². The van der Waals surface area contributed by atoms with Crippen molar-refractivity contribution >= 4 is 21.7 Å². The number of nitrogens with zero attached hydrogens (tertiary/aromatic N) is 2. The predicted octanol–water partition coefficient (Wildman–Crippen LogP) is 1.71. The average Bonchev–Trinajstić information content (AvgIpc) is 3.20. The number of aliphatic hydroxyl groups excluding tert-OH is 1. The minimum atomic E-state index is -3.41. The highest BCUT2D eigenvalue weighted by Gasteiger charge is 2.28. The largest absolute Gasteiger partial charge is 0.396 e. The number of hydrogen-bond donors (Lipinski definition) is 3. The molecular weight excluding hydrogens is 400 g/mol. The minimum absolute atomic E-state index is 0.00430. The number of guanidine groups is 1. The molecule has 0 fully saturated rings. The van der Waals surface area contributed by atoms with Gasteiger partial charge < -0.3 is 15.7 Å². The third-order valence-corrected chi connectivity index (χ3v) is 6.91. The second-order valence-corrected chi connectivity index (χ2v) is 9.22. The van der Waals surface area contributed by atoms with Crippen molar-refractivity contribution in [3.05, 3.63) is 65.7 Å². The number of anilines is 1. The summed E-state index contributed by atoms with van der Waals surface area (Å²) in [5.74, 6) is 0.420. The quantitative estimate of drug-likeness (QED) is 0.416. The maximum atomic E-state index is 12.8. The first kappa shape index (κ1) is 22.1. The van der Waals surface area contributed by atoms with Crippen molar-refractivity contribution in [2.45, 2.75) is 19.3 Å². The Morgan fingerprint density at radius 1 is 1.13 bits per heavy atom. The van der Waals surface area contributed by atoms with Gasteiger partial charge in [-0.2, -0.15) is 0 Å². The van der Waals surface area contributed by atoms with Crippen molar-refractivity contribution < 1.29 is 13.5 Å². The molecule has 1 heterocycles. The molecule has 2 aromatic carbocycles. The smallest absolute Gasteiger partial charge is 0.236 e. The molecule has 0 saturated heterocycles. The van der Waals surface area contributed by atoms with Crippen LogP contribution in [0.2, 0.25) is 0 Å². The predicted molar refractivity (Wildman–Crippen MR) is 122 cm³/mol. The van der Waals surface area contributed by atoms with Gasteiger partial charge >= 0.3 is 0 Å². The van der Waals surface area contributed by atoms with Crippen LogP contribution in [-0.4, -0.2) is 58.0 Å². The number of fused-ring (bicyclic) bond motifs is 1. The van der Waals surface area contributed by atoms with Crippen LogP contribution in [0.4, 0.5) is 5.69 Å². The fourth-order valence-electron chi connectivity index (χ4n) is 3.54. The Morgan fingerprint density at radius 3 is 2.60 bits per heavy atom. The molecule has 0 amide bonds. The van der Waals surface area contributed by atoms with Gasteiger partial charge in [-0.3, -0.25) is 9.30 Å². The maximum Gasteiger partial charge on any atom is 0.236 e. The summed E-state index contributed by atoms with van der Waals surface area (Å²) in [6, 6.07) is 17.4. The molecule has 2 aromatic rings. The standard InChI is InChI=1S/C22H30N4O3S/c1-2-23-22(25-16-20(17-27)18-8-4-3-5-9-18)24-13-15-30(28,29)26-14-12-19-10-6-7-11-21(19)26/h3-11,20,27H,2,12-17H2,1H3,(H2,23,24,25). The summed E-state index contributed by atoms with van der Waals surface area (Å²) in [4.78, 5) is 4.54. The summed E-state index contributed by atoms with van der Waals surface area (Å²) in [6.45, 7) is 3.76. The van der Waals surface area contributed by atoms with Crippen LogP contribution in [-0.2, 0) is 16.4 Å². The number of benzene rings is 2. The molecule has 1 atom stereocenters. The Morgan fingerprint density at radius 2 is 1.87 bits per heavy atom. The van der Waals surface area contributed by atoms with Gasteiger partial charge in [-0.15, -0.1) is 0 Å². The molecular formula is C22H30N4O3S. The molecule has 30 heavy (non-hydrogen) atoms.